The van der Waals surface area contributed by atoms with Gasteiger partial charge in [-0.2, -0.15) is 0 Å². The highest BCUT2D eigenvalue weighted by Gasteiger charge is 2.32. The number of nitrogens with zero attached hydrogens (tertiary/aromatic N) is 3. The van der Waals surface area contributed by atoms with Crippen LogP contribution in [0.1, 0.15) is 32.6 Å². The minimum atomic E-state index is -0.345. The highest BCUT2D eigenvalue weighted by molar-refractivity contribution is 7.16. The number of nitrogens with one attached hydrogen (secondary N) is 1. The lowest BCUT2D eigenvalue weighted by molar-refractivity contribution is -0.122. The summed E-state index contributed by atoms with van der Waals surface area (Å²) in [6, 6.07) is 1.83. The molecule has 2 unspecified atom stereocenters. The Hall–Kier alpha value is -1.73. The van der Waals surface area contributed by atoms with Crippen molar-refractivity contribution in [1.29, 1.82) is 0 Å². The Morgan fingerprint density at radius 1 is 1.57 bits per heavy atom. The molecule has 1 amide bonds. The van der Waals surface area contributed by atoms with E-state index in [1.807, 2.05) is 18.4 Å². The summed E-state index contributed by atoms with van der Waals surface area (Å²) >= 11 is 1.58. The Labute approximate surface area is 139 Å². The first-order chi connectivity index (χ1) is 11.2. The first kappa shape index (κ1) is 16.1. The molecule has 1 aliphatic rings. The van der Waals surface area contributed by atoms with Crippen molar-refractivity contribution in [2.45, 2.75) is 44.8 Å². The number of thiophene rings is 1. The highest BCUT2D eigenvalue weighted by atomic mass is 32.1. The van der Waals surface area contributed by atoms with Crippen molar-refractivity contribution < 1.29 is 9.90 Å². The van der Waals surface area contributed by atoms with Crippen LogP contribution in [0, 0.1) is 0 Å². The molecule has 1 fully saturated rings. The molecule has 7 heteroatoms. The van der Waals surface area contributed by atoms with Crippen LogP contribution in [0.4, 0.5) is 5.82 Å². The predicted octanol–water partition coefficient (Wildman–Crippen LogP) is 1.94. The van der Waals surface area contributed by atoms with Crippen LogP contribution in [0.2, 0.25) is 0 Å². The number of carbonyl (C=O) groups excluding carboxylic acids is 1. The summed E-state index contributed by atoms with van der Waals surface area (Å²) in [5, 5.41) is 15.5. The van der Waals surface area contributed by atoms with Crippen LogP contribution in [-0.4, -0.2) is 46.2 Å². The molecular formula is C16H22N4O2S. The fourth-order valence-corrected chi connectivity index (χ4v) is 3.71. The molecule has 23 heavy (non-hydrogen) atoms. The largest absolute Gasteiger partial charge is 0.393 e. The van der Waals surface area contributed by atoms with Gasteiger partial charge in [0, 0.05) is 13.1 Å². The summed E-state index contributed by atoms with van der Waals surface area (Å²) in [4.78, 5) is 24.2. The second kappa shape index (κ2) is 7.23. The summed E-state index contributed by atoms with van der Waals surface area (Å²) < 4.78 is 0. The molecule has 0 aromatic carbocycles. The molecule has 0 radical (unpaired) electrons. The lowest BCUT2D eigenvalue weighted by Crippen LogP contribution is -2.44. The lowest BCUT2D eigenvalue weighted by Gasteiger charge is -2.25. The maximum absolute atomic E-state index is 12.5. The van der Waals surface area contributed by atoms with Gasteiger partial charge >= 0.3 is 0 Å². The van der Waals surface area contributed by atoms with E-state index in [-0.39, 0.29) is 18.1 Å². The Kier molecular flexibility index (Phi) is 5.07. The summed E-state index contributed by atoms with van der Waals surface area (Å²) in [6.07, 6.45) is 4.34. The number of aliphatic hydroxyl groups excluding tert-OH is 1. The van der Waals surface area contributed by atoms with Crippen LogP contribution in [0.5, 0.6) is 0 Å². The lowest BCUT2D eigenvalue weighted by atomic mass is 10.1. The SMILES string of the molecule is CCC(O)CCNC(=O)C1CCCN1c1ncnc2sccc12. The van der Waals surface area contributed by atoms with Crippen LogP contribution in [0.3, 0.4) is 0 Å². The number of aliphatic hydroxyl groups is 1. The molecule has 6 nitrogen and oxygen atoms in total. The Morgan fingerprint density at radius 2 is 2.43 bits per heavy atom. The molecule has 0 saturated carbocycles. The number of carbonyl (C=O) groups is 1. The van der Waals surface area contributed by atoms with E-state index in [0.29, 0.717) is 19.4 Å². The van der Waals surface area contributed by atoms with E-state index in [2.05, 4.69) is 20.2 Å². The van der Waals surface area contributed by atoms with Gasteiger partial charge in [-0.1, -0.05) is 6.92 Å². The third kappa shape index (κ3) is 3.45. The zero-order valence-corrected chi connectivity index (χ0v) is 14.1. The van der Waals surface area contributed by atoms with Crippen molar-refractivity contribution in [2.75, 3.05) is 18.0 Å². The van der Waals surface area contributed by atoms with Crippen molar-refractivity contribution in [3.63, 3.8) is 0 Å². The van der Waals surface area contributed by atoms with Gasteiger partial charge in [0.2, 0.25) is 5.91 Å². The van der Waals surface area contributed by atoms with Gasteiger partial charge in [-0.25, -0.2) is 9.97 Å². The summed E-state index contributed by atoms with van der Waals surface area (Å²) in [5.74, 6) is 0.871. The van der Waals surface area contributed by atoms with Crippen molar-refractivity contribution in [3.8, 4) is 0 Å². The zero-order valence-electron chi connectivity index (χ0n) is 13.2. The third-order valence-corrected chi connectivity index (χ3v) is 5.14. The fraction of sp³-hybridized carbons (Fsp3) is 0.562. The number of amides is 1. The van der Waals surface area contributed by atoms with Gasteiger partial charge in [-0.05, 0) is 37.1 Å². The third-order valence-electron chi connectivity index (χ3n) is 4.32. The summed E-state index contributed by atoms with van der Waals surface area (Å²) in [7, 11) is 0. The number of hydrogen-bond donors (Lipinski definition) is 2. The first-order valence-electron chi connectivity index (χ1n) is 8.11. The van der Waals surface area contributed by atoms with E-state index < -0.39 is 0 Å². The molecule has 0 bridgehead atoms. The number of fused-ring (bicyclic) bond motifs is 1. The monoisotopic (exact) mass is 334 g/mol. The Bertz CT molecular complexity index is 675. The fourth-order valence-electron chi connectivity index (χ4n) is 2.98. The minimum Gasteiger partial charge on any atom is -0.393 e. The Balaban J connectivity index is 1.70. The first-order valence-corrected chi connectivity index (χ1v) is 8.99. The van der Waals surface area contributed by atoms with Crippen LogP contribution < -0.4 is 10.2 Å². The van der Waals surface area contributed by atoms with Gasteiger partial charge in [-0.15, -0.1) is 11.3 Å². The molecule has 1 saturated heterocycles. The van der Waals surface area contributed by atoms with E-state index in [9.17, 15) is 9.90 Å². The molecule has 0 spiro atoms. The highest BCUT2D eigenvalue weighted by Crippen LogP contribution is 2.31. The van der Waals surface area contributed by atoms with Gasteiger partial charge < -0.3 is 15.3 Å². The van der Waals surface area contributed by atoms with E-state index in [4.69, 9.17) is 0 Å². The van der Waals surface area contributed by atoms with Crippen molar-refractivity contribution >= 4 is 33.3 Å². The summed E-state index contributed by atoms with van der Waals surface area (Å²) in [5.41, 5.74) is 0. The minimum absolute atomic E-state index is 0.0211. The molecule has 2 atom stereocenters. The summed E-state index contributed by atoms with van der Waals surface area (Å²) in [6.45, 7) is 3.28. The molecule has 0 aliphatic carbocycles. The molecule has 3 heterocycles. The number of rotatable bonds is 6. The van der Waals surface area contributed by atoms with E-state index in [1.165, 1.54) is 0 Å². The molecular weight excluding hydrogens is 312 g/mol. The number of aromatic nitrogens is 2. The topological polar surface area (TPSA) is 78.4 Å². The van der Waals surface area contributed by atoms with E-state index in [0.717, 1.165) is 35.4 Å². The quantitative estimate of drug-likeness (QED) is 0.844. The van der Waals surface area contributed by atoms with Gasteiger partial charge in [0.15, 0.2) is 0 Å². The van der Waals surface area contributed by atoms with Crippen LogP contribution in [0.25, 0.3) is 10.2 Å². The maximum Gasteiger partial charge on any atom is 0.242 e. The molecule has 2 N–H and O–H groups in total. The van der Waals surface area contributed by atoms with Gasteiger partial charge in [0.1, 0.15) is 23.0 Å². The average Bonchev–Trinajstić information content (AvgIpc) is 3.22. The molecule has 124 valence electrons. The molecule has 2 aromatic heterocycles. The van der Waals surface area contributed by atoms with Crippen molar-refractivity contribution in [1.82, 2.24) is 15.3 Å². The predicted molar refractivity (Wildman–Crippen MR) is 91.7 cm³/mol. The zero-order chi connectivity index (χ0) is 16.2. The second-order valence-corrected chi connectivity index (χ2v) is 6.72. The van der Waals surface area contributed by atoms with Crippen LogP contribution >= 0.6 is 11.3 Å². The second-order valence-electron chi connectivity index (χ2n) is 5.83. The van der Waals surface area contributed by atoms with Crippen molar-refractivity contribution in [2.24, 2.45) is 0 Å². The van der Waals surface area contributed by atoms with Crippen LogP contribution in [0.15, 0.2) is 17.8 Å². The van der Waals surface area contributed by atoms with E-state index >= 15 is 0 Å². The number of hydrogen-bond acceptors (Lipinski definition) is 6. The number of anilines is 1. The van der Waals surface area contributed by atoms with Crippen molar-refractivity contribution in [3.05, 3.63) is 17.8 Å². The maximum atomic E-state index is 12.5. The standard InChI is InChI=1S/C16H22N4O2S/c1-2-11(21)5-7-17-15(22)13-4-3-8-20(13)14-12-6-9-23-16(12)19-10-18-14/h6,9-11,13,21H,2-5,7-8H2,1H3,(H,17,22). The molecule has 2 aromatic rings. The van der Waals surface area contributed by atoms with Gasteiger partial charge in [0.05, 0.1) is 11.5 Å². The normalized spacial score (nSPS) is 19.2. The van der Waals surface area contributed by atoms with Crippen LogP contribution in [-0.2, 0) is 4.79 Å². The van der Waals surface area contributed by atoms with E-state index in [1.54, 1.807) is 17.7 Å². The smallest absolute Gasteiger partial charge is 0.242 e. The average molecular weight is 334 g/mol. The van der Waals surface area contributed by atoms with Gasteiger partial charge in [0.25, 0.3) is 0 Å². The molecule has 3 rings (SSSR count). The Morgan fingerprint density at radius 3 is 3.26 bits per heavy atom. The van der Waals surface area contributed by atoms with Gasteiger partial charge in [-0.3, -0.25) is 4.79 Å². The molecule has 1 aliphatic heterocycles.